The minimum atomic E-state index is -4.04. The number of hydrogen-bond acceptors (Lipinski definition) is 3. The molecule has 0 radical (unpaired) electrons. The van der Waals surface area contributed by atoms with Gasteiger partial charge in [-0.2, -0.15) is 13.2 Å². The number of nitrogens with one attached hydrogen (secondary N) is 1. The van der Waals surface area contributed by atoms with Gasteiger partial charge in [-0.25, -0.2) is 0 Å². The van der Waals surface area contributed by atoms with Crippen molar-refractivity contribution >= 4 is 0 Å². The van der Waals surface area contributed by atoms with Crippen molar-refractivity contribution in [3.8, 4) is 0 Å². The summed E-state index contributed by atoms with van der Waals surface area (Å²) in [6.45, 7) is 1.56. The Bertz CT molecular complexity index is 149. The summed E-state index contributed by atoms with van der Waals surface area (Å²) in [5.74, 6) is 0. The van der Waals surface area contributed by atoms with Gasteiger partial charge in [0.05, 0.1) is 6.10 Å². The number of rotatable bonds is 8. The SMILES string of the molecule is COC(CN)CNCCCCC(F)(F)F. The van der Waals surface area contributed by atoms with Crippen LogP contribution in [0, 0.1) is 0 Å². The maximum atomic E-state index is 11.7. The predicted molar refractivity (Wildman–Crippen MR) is 52.6 cm³/mol. The Kier molecular flexibility index (Phi) is 7.72. The molecule has 92 valence electrons. The highest BCUT2D eigenvalue weighted by molar-refractivity contribution is 4.61. The van der Waals surface area contributed by atoms with Crippen molar-refractivity contribution in [2.45, 2.75) is 31.5 Å². The van der Waals surface area contributed by atoms with Crippen LogP contribution in [-0.4, -0.2) is 39.0 Å². The van der Waals surface area contributed by atoms with Gasteiger partial charge in [-0.05, 0) is 19.4 Å². The summed E-state index contributed by atoms with van der Waals surface area (Å²) in [6.07, 6.45) is -4.13. The van der Waals surface area contributed by atoms with E-state index < -0.39 is 12.6 Å². The van der Waals surface area contributed by atoms with E-state index in [1.807, 2.05) is 0 Å². The Labute approximate surface area is 88.2 Å². The first kappa shape index (κ1) is 14.7. The third kappa shape index (κ3) is 9.96. The van der Waals surface area contributed by atoms with Crippen molar-refractivity contribution in [2.75, 3.05) is 26.7 Å². The molecule has 6 heteroatoms. The Morgan fingerprint density at radius 3 is 2.47 bits per heavy atom. The predicted octanol–water partition coefficient (Wildman–Crippen LogP) is 1.28. The molecule has 3 nitrogen and oxygen atoms in total. The molecule has 3 N–H and O–H groups in total. The highest BCUT2D eigenvalue weighted by atomic mass is 19.4. The summed E-state index contributed by atoms with van der Waals surface area (Å²) in [7, 11) is 1.56. The van der Waals surface area contributed by atoms with E-state index in [4.69, 9.17) is 10.5 Å². The lowest BCUT2D eigenvalue weighted by Gasteiger charge is -2.13. The van der Waals surface area contributed by atoms with Crippen molar-refractivity contribution in [3.63, 3.8) is 0 Å². The van der Waals surface area contributed by atoms with Crippen molar-refractivity contribution in [1.29, 1.82) is 0 Å². The van der Waals surface area contributed by atoms with E-state index in [2.05, 4.69) is 5.32 Å². The summed E-state index contributed by atoms with van der Waals surface area (Å²) >= 11 is 0. The van der Waals surface area contributed by atoms with E-state index in [0.29, 0.717) is 26.1 Å². The molecule has 0 rings (SSSR count). The van der Waals surface area contributed by atoms with Gasteiger partial charge in [0.2, 0.25) is 0 Å². The van der Waals surface area contributed by atoms with Gasteiger partial charge in [-0.1, -0.05) is 0 Å². The molecule has 0 saturated carbocycles. The largest absolute Gasteiger partial charge is 0.389 e. The van der Waals surface area contributed by atoms with Gasteiger partial charge in [0.15, 0.2) is 0 Å². The number of nitrogens with two attached hydrogens (primary N) is 1. The van der Waals surface area contributed by atoms with E-state index in [0.717, 1.165) is 0 Å². The van der Waals surface area contributed by atoms with Crippen molar-refractivity contribution in [2.24, 2.45) is 5.73 Å². The molecule has 0 aliphatic heterocycles. The zero-order chi connectivity index (χ0) is 11.7. The minimum Gasteiger partial charge on any atom is -0.379 e. The molecule has 0 bridgehead atoms. The number of unbranched alkanes of at least 4 members (excludes halogenated alkanes) is 1. The van der Waals surface area contributed by atoms with Crippen LogP contribution in [0.3, 0.4) is 0 Å². The molecule has 1 unspecified atom stereocenters. The normalized spacial score (nSPS) is 14.2. The van der Waals surface area contributed by atoms with Crippen LogP contribution in [0.1, 0.15) is 19.3 Å². The Balaban J connectivity index is 3.25. The van der Waals surface area contributed by atoms with Crippen LogP contribution >= 0.6 is 0 Å². The number of ether oxygens (including phenoxy) is 1. The third-order valence-corrected chi connectivity index (χ3v) is 2.03. The second kappa shape index (κ2) is 7.90. The topological polar surface area (TPSA) is 47.3 Å². The molecule has 15 heavy (non-hydrogen) atoms. The first-order valence-electron chi connectivity index (χ1n) is 5.00. The second-order valence-corrected chi connectivity index (χ2v) is 3.37. The highest BCUT2D eigenvalue weighted by Gasteiger charge is 2.25. The molecule has 0 aromatic carbocycles. The van der Waals surface area contributed by atoms with E-state index in [1.165, 1.54) is 0 Å². The molecule has 0 aliphatic carbocycles. The van der Waals surface area contributed by atoms with Crippen LogP contribution < -0.4 is 11.1 Å². The molecule has 0 saturated heterocycles. The Hall–Kier alpha value is -0.330. The van der Waals surface area contributed by atoms with Crippen molar-refractivity contribution in [3.05, 3.63) is 0 Å². The van der Waals surface area contributed by atoms with Crippen LogP contribution in [0.2, 0.25) is 0 Å². The zero-order valence-corrected chi connectivity index (χ0v) is 8.94. The molecule has 0 amide bonds. The minimum absolute atomic E-state index is 0.0624. The fraction of sp³-hybridized carbons (Fsp3) is 1.00. The van der Waals surface area contributed by atoms with Crippen LogP contribution in [0.5, 0.6) is 0 Å². The van der Waals surface area contributed by atoms with Gasteiger partial charge < -0.3 is 15.8 Å². The molecular formula is C9H19F3N2O. The summed E-state index contributed by atoms with van der Waals surface area (Å²) in [4.78, 5) is 0. The van der Waals surface area contributed by atoms with Crippen molar-refractivity contribution in [1.82, 2.24) is 5.32 Å². The molecule has 0 aromatic heterocycles. The van der Waals surface area contributed by atoms with Gasteiger partial charge in [0, 0.05) is 26.6 Å². The van der Waals surface area contributed by atoms with Gasteiger partial charge in [0.1, 0.15) is 0 Å². The Morgan fingerprint density at radius 1 is 1.33 bits per heavy atom. The number of alkyl halides is 3. The molecule has 0 spiro atoms. The van der Waals surface area contributed by atoms with Gasteiger partial charge in [0.25, 0.3) is 0 Å². The zero-order valence-electron chi connectivity index (χ0n) is 8.94. The smallest absolute Gasteiger partial charge is 0.379 e. The molecule has 1 atom stereocenters. The van der Waals surface area contributed by atoms with Crippen molar-refractivity contribution < 1.29 is 17.9 Å². The van der Waals surface area contributed by atoms with E-state index in [9.17, 15) is 13.2 Å². The summed E-state index contributed by atoms with van der Waals surface area (Å²) in [5, 5.41) is 3.00. The molecule has 0 heterocycles. The average Bonchev–Trinajstić information content (AvgIpc) is 2.15. The molecule has 0 fully saturated rings. The lowest BCUT2D eigenvalue weighted by Crippen LogP contribution is -2.34. The van der Waals surface area contributed by atoms with Crippen LogP contribution in [0.25, 0.3) is 0 Å². The number of hydrogen-bond donors (Lipinski definition) is 2. The summed E-state index contributed by atoms with van der Waals surface area (Å²) in [5.41, 5.74) is 5.37. The quantitative estimate of drug-likeness (QED) is 0.615. The molecule has 0 aromatic rings. The number of halogens is 3. The fourth-order valence-corrected chi connectivity index (χ4v) is 1.10. The monoisotopic (exact) mass is 228 g/mol. The second-order valence-electron chi connectivity index (χ2n) is 3.37. The van der Waals surface area contributed by atoms with Gasteiger partial charge in [-0.3, -0.25) is 0 Å². The standard InChI is InChI=1S/C9H19F3N2O/c1-15-8(6-13)7-14-5-3-2-4-9(10,11)12/h8,14H,2-7,13H2,1H3. The lowest BCUT2D eigenvalue weighted by molar-refractivity contribution is -0.135. The van der Waals surface area contributed by atoms with Crippen LogP contribution in [0.4, 0.5) is 13.2 Å². The fourth-order valence-electron chi connectivity index (χ4n) is 1.10. The average molecular weight is 228 g/mol. The van der Waals surface area contributed by atoms with E-state index >= 15 is 0 Å². The van der Waals surface area contributed by atoms with Crippen LogP contribution in [-0.2, 0) is 4.74 Å². The lowest BCUT2D eigenvalue weighted by atomic mass is 10.2. The maximum Gasteiger partial charge on any atom is 0.389 e. The van der Waals surface area contributed by atoms with Gasteiger partial charge >= 0.3 is 6.18 Å². The Morgan fingerprint density at radius 2 is 2.00 bits per heavy atom. The number of methoxy groups -OCH3 is 1. The maximum absolute atomic E-state index is 11.7. The first-order valence-corrected chi connectivity index (χ1v) is 5.00. The van der Waals surface area contributed by atoms with Crippen LogP contribution in [0.15, 0.2) is 0 Å². The summed E-state index contributed by atoms with van der Waals surface area (Å²) < 4.78 is 40.2. The first-order chi connectivity index (χ1) is 6.99. The summed E-state index contributed by atoms with van der Waals surface area (Å²) in [6, 6.07) is 0. The highest BCUT2D eigenvalue weighted by Crippen LogP contribution is 2.21. The van der Waals surface area contributed by atoms with E-state index in [-0.39, 0.29) is 12.5 Å². The molecule has 0 aliphatic rings. The third-order valence-electron chi connectivity index (χ3n) is 2.03. The van der Waals surface area contributed by atoms with E-state index in [1.54, 1.807) is 7.11 Å². The molecular weight excluding hydrogens is 209 g/mol. The van der Waals surface area contributed by atoms with Gasteiger partial charge in [-0.15, -0.1) is 0 Å².